The fourth-order valence-electron chi connectivity index (χ4n) is 3.14. The van der Waals surface area contributed by atoms with Crippen molar-refractivity contribution in [2.75, 3.05) is 30.0 Å². The number of fused-ring (bicyclic) bond motifs is 1. The van der Waals surface area contributed by atoms with E-state index in [0.717, 1.165) is 0 Å². The molecule has 0 aliphatic carbocycles. The van der Waals surface area contributed by atoms with Crippen LogP contribution in [0, 0.1) is 5.92 Å². The SMILES string of the molecule is O=C(Nc1cccc(Cl)c1)[C@@H]1CC(=O)N(c2ccc3c(c2)OCCO3)C1. The van der Waals surface area contributed by atoms with Gasteiger partial charge >= 0.3 is 0 Å². The first-order chi connectivity index (χ1) is 12.6. The Kier molecular flexibility index (Phi) is 4.42. The highest BCUT2D eigenvalue weighted by Crippen LogP contribution is 2.36. The van der Waals surface area contributed by atoms with E-state index in [0.29, 0.717) is 47.7 Å². The van der Waals surface area contributed by atoms with E-state index in [1.165, 1.54) is 0 Å². The molecule has 2 aliphatic heterocycles. The van der Waals surface area contributed by atoms with Gasteiger partial charge in [-0.05, 0) is 30.3 Å². The molecule has 1 fully saturated rings. The lowest BCUT2D eigenvalue weighted by Gasteiger charge is -2.22. The molecule has 0 unspecified atom stereocenters. The van der Waals surface area contributed by atoms with Crippen molar-refractivity contribution >= 4 is 34.8 Å². The van der Waals surface area contributed by atoms with Crippen molar-refractivity contribution in [1.29, 1.82) is 0 Å². The van der Waals surface area contributed by atoms with Crippen LogP contribution < -0.4 is 19.7 Å². The highest BCUT2D eigenvalue weighted by molar-refractivity contribution is 6.30. The third-order valence-electron chi connectivity index (χ3n) is 4.43. The number of rotatable bonds is 3. The zero-order valence-electron chi connectivity index (χ0n) is 13.9. The summed E-state index contributed by atoms with van der Waals surface area (Å²) in [7, 11) is 0. The molecule has 1 saturated heterocycles. The van der Waals surface area contributed by atoms with Crippen LogP contribution in [0.2, 0.25) is 5.02 Å². The second-order valence-electron chi connectivity index (χ2n) is 6.23. The Morgan fingerprint density at radius 1 is 1.12 bits per heavy atom. The molecule has 4 rings (SSSR count). The highest BCUT2D eigenvalue weighted by atomic mass is 35.5. The van der Waals surface area contributed by atoms with E-state index in [1.54, 1.807) is 41.3 Å². The molecule has 2 heterocycles. The molecule has 6 nitrogen and oxygen atoms in total. The summed E-state index contributed by atoms with van der Waals surface area (Å²) in [5.41, 5.74) is 1.32. The summed E-state index contributed by atoms with van der Waals surface area (Å²) in [5.74, 6) is 0.582. The van der Waals surface area contributed by atoms with Crippen molar-refractivity contribution in [2.45, 2.75) is 6.42 Å². The molecule has 0 saturated carbocycles. The van der Waals surface area contributed by atoms with Crippen LogP contribution in [0.1, 0.15) is 6.42 Å². The molecule has 134 valence electrons. The number of amides is 2. The molecule has 26 heavy (non-hydrogen) atoms. The third-order valence-corrected chi connectivity index (χ3v) is 4.66. The van der Waals surface area contributed by atoms with Crippen LogP contribution in [0.25, 0.3) is 0 Å². The fraction of sp³-hybridized carbons (Fsp3) is 0.263. The van der Waals surface area contributed by atoms with Crippen LogP contribution in [-0.4, -0.2) is 31.6 Å². The summed E-state index contributed by atoms with van der Waals surface area (Å²) < 4.78 is 11.1. The molecule has 2 aromatic carbocycles. The largest absolute Gasteiger partial charge is 0.486 e. The number of anilines is 2. The van der Waals surface area contributed by atoms with E-state index in [2.05, 4.69) is 5.32 Å². The molecule has 2 amide bonds. The van der Waals surface area contributed by atoms with E-state index < -0.39 is 5.92 Å². The summed E-state index contributed by atoms with van der Waals surface area (Å²) in [6.45, 7) is 1.32. The summed E-state index contributed by atoms with van der Waals surface area (Å²) in [6.07, 6.45) is 0.168. The molecule has 0 radical (unpaired) electrons. The maximum Gasteiger partial charge on any atom is 0.229 e. The molecule has 0 aromatic heterocycles. The molecule has 2 aliphatic rings. The van der Waals surface area contributed by atoms with Crippen LogP contribution in [0.4, 0.5) is 11.4 Å². The number of carbonyl (C=O) groups is 2. The van der Waals surface area contributed by atoms with E-state index in [9.17, 15) is 9.59 Å². The first-order valence-corrected chi connectivity index (χ1v) is 8.74. The summed E-state index contributed by atoms with van der Waals surface area (Å²) >= 11 is 5.94. The molecule has 0 bridgehead atoms. The Labute approximate surface area is 155 Å². The van der Waals surface area contributed by atoms with Gasteiger partial charge in [-0.3, -0.25) is 9.59 Å². The summed E-state index contributed by atoms with van der Waals surface area (Å²) in [6, 6.07) is 12.3. The van der Waals surface area contributed by atoms with Gasteiger partial charge in [0.15, 0.2) is 11.5 Å². The zero-order valence-corrected chi connectivity index (χ0v) is 14.7. The second-order valence-corrected chi connectivity index (χ2v) is 6.67. The standard InChI is InChI=1S/C19H17ClN2O4/c20-13-2-1-3-14(9-13)21-19(24)12-8-18(23)22(11-12)15-4-5-16-17(10-15)26-7-6-25-16/h1-5,9-10,12H,6-8,11H2,(H,21,24)/t12-/m1/s1. The lowest BCUT2D eigenvalue weighted by Crippen LogP contribution is -2.28. The number of benzene rings is 2. The quantitative estimate of drug-likeness (QED) is 0.899. The number of nitrogens with zero attached hydrogens (tertiary/aromatic N) is 1. The molecule has 1 atom stereocenters. The van der Waals surface area contributed by atoms with E-state index in [1.807, 2.05) is 6.07 Å². The van der Waals surface area contributed by atoms with Crippen molar-refractivity contribution < 1.29 is 19.1 Å². The van der Waals surface area contributed by atoms with E-state index in [-0.39, 0.29) is 18.2 Å². The van der Waals surface area contributed by atoms with Crippen molar-refractivity contribution in [3.63, 3.8) is 0 Å². The average molecular weight is 373 g/mol. The average Bonchev–Trinajstić information content (AvgIpc) is 3.03. The van der Waals surface area contributed by atoms with Crippen LogP contribution >= 0.6 is 11.6 Å². The minimum atomic E-state index is -0.422. The van der Waals surface area contributed by atoms with Gasteiger partial charge in [-0.25, -0.2) is 0 Å². The van der Waals surface area contributed by atoms with E-state index >= 15 is 0 Å². The Balaban J connectivity index is 1.47. The second kappa shape index (κ2) is 6.88. The Morgan fingerprint density at radius 2 is 1.92 bits per heavy atom. The van der Waals surface area contributed by atoms with Crippen LogP contribution in [0.3, 0.4) is 0 Å². The Bertz CT molecular complexity index is 870. The van der Waals surface area contributed by atoms with Crippen molar-refractivity contribution in [3.05, 3.63) is 47.5 Å². The van der Waals surface area contributed by atoms with Gasteiger partial charge in [-0.2, -0.15) is 0 Å². The number of ether oxygens (including phenoxy) is 2. The van der Waals surface area contributed by atoms with Crippen LogP contribution in [0.15, 0.2) is 42.5 Å². The number of nitrogens with one attached hydrogen (secondary N) is 1. The van der Waals surface area contributed by atoms with Gasteiger partial charge in [-0.15, -0.1) is 0 Å². The summed E-state index contributed by atoms with van der Waals surface area (Å²) in [5, 5.41) is 3.36. The number of hydrogen-bond donors (Lipinski definition) is 1. The summed E-state index contributed by atoms with van der Waals surface area (Å²) in [4.78, 5) is 26.5. The number of carbonyl (C=O) groups excluding carboxylic acids is 2. The molecule has 7 heteroatoms. The highest BCUT2D eigenvalue weighted by Gasteiger charge is 2.35. The molecule has 2 aromatic rings. The predicted molar refractivity (Wildman–Crippen MR) is 98.0 cm³/mol. The van der Waals surface area contributed by atoms with Gasteiger partial charge in [0.05, 0.1) is 5.92 Å². The first-order valence-electron chi connectivity index (χ1n) is 8.36. The van der Waals surface area contributed by atoms with Gasteiger partial charge in [0.25, 0.3) is 0 Å². The van der Waals surface area contributed by atoms with Gasteiger partial charge in [-0.1, -0.05) is 17.7 Å². The minimum Gasteiger partial charge on any atom is -0.486 e. The fourth-order valence-corrected chi connectivity index (χ4v) is 3.33. The lowest BCUT2D eigenvalue weighted by atomic mass is 10.1. The smallest absolute Gasteiger partial charge is 0.229 e. The number of halogens is 1. The number of hydrogen-bond acceptors (Lipinski definition) is 4. The molecular formula is C19H17ClN2O4. The molecular weight excluding hydrogens is 356 g/mol. The van der Waals surface area contributed by atoms with Crippen molar-refractivity contribution in [2.24, 2.45) is 5.92 Å². The van der Waals surface area contributed by atoms with Crippen molar-refractivity contribution in [1.82, 2.24) is 0 Å². The third kappa shape index (κ3) is 3.32. The Morgan fingerprint density at radius 3 is 2.73 bits per heavy atom. The zero-order chi connectivity index (χ0) is 18.1. The maximum absolute atomic E-state index is 12.5. The van der Waals surface area contributed by atoms with Crippen molar-refractivity contribution in [3.8, 4) is 11.5 Å². The predicted octanol–water partition coefficient (Wildman–Crippen LogP) is 3.10. The monoisotopic (exact) mass is 372 g/mol. The van der Waals surface area contributed by atoms with Crippen LogP contribution in [0.5, 0.6) is 11.5 Å². The lowest BCUT2D eigenvalue weighted by molar-refractivity contribution is -0.122. The Hall–Kier alpha value is -2.73. The molecule has 0 spiro atoms. The topological polar surface area (TPSA) is 67.9 Å². The maximum atomic E-state index is 12.5. The molecule has 1 N–H and O–H groups in total. The van der Waals surface area contributed by atoms with Gasteiger partial charge in [0.1, 0.15) is 13.2 Å². The van der Waals surface area contributed by atoms with Gasteiger partial charge in [0, 0.05) is 35.4 Å². The van der Waals surface area contributed by atoms with Crippen LogP contribution in [-0.2, 0) is 9.59 Å². The first kappa shape index (κ1) is 16.7. The van der Waals surface area contributed by atoms with Gasteiger partial charge in [0.2, 0.25) is 11.8 Å². The van der Waals surface area contributed by atoms with E-state index in [4.69, 9.17) is 21.1 Å². The van der Waals surface area contributed by atoms with Gasteiger partial charge < -0.3 is 19.7 Å². The normalized spacial score (nSPS) is 18.7. The minimum absolute atomic E-state index is 0.0899.